The number of terminal acetylenes is 1. The summed E-state index contributed by atoms with van der Waals surface area (Å²) < 4.78 is 0. The van der Waals surface area contributed by atoms with Crippen molar-refractivity contribution in [2.24, 2.45) is 0 Å². The van der Waals surface area contributed by atoms with Crippen LogP contribution in [-0.2, 0) is 32.5 Å². The van der Waals surface area contributed by atoms with E-state index in [1.54, 1.807) is 0 Å². The Balaban J connectivity index is 1.61. The molecule has 0 aliphatic carbocycles. The van der Waals surface area contributed by atoms with Crippen LogP contribution < -0.4 is 0 Å². The minimum atomic E-state index is -0.0886. The summed E-state index contributed by atoms with van der Waals surface area (Å²) in [5.74, 6) is 3.05. The predicted octanol–water partition coefficient (Wildman–Crippen LogP) is 17.4. The van der Waals surface area contributed by atoms with Crippen LogP contribution in [0.4, 0.5) is 0 Å². The minimum absolute atomic E-state index is 0.0840. The molecule has 350 valence electrons. The molecule has 2 aliphatic rings. The van der Waals surface area contributed by atoms with Gasteiger partial charge in [0.05, 0.1) is 33.9 Å². The second-order valence-corrected chi connectivity index (χ2v) is 25.5. The van der Waals surface area contributed by atoms with E-state index in [0.717, 1.165) is 78.2 Å². The zero-order valence-corrected chi connectivity index (χ0v) is 44.3. The van der Waals surface area contributed by atoms with E-state index in [1.807, 2.05) is 0 Å². The third-order valence-electron chi connectivity index (χ3n) is 13.8. The largest absolute Gasteiger partial charge is 0.354 e. The fourth-order valence-electron chi connectivity index (χ4n) is 9.18. The SMILES string of the molecule is C#Cc1c2nc(c(-c3cc(C(C)(C)C)cc(C(C)(C)C)c3)c3ccc([nH]3)c(-c3cc(C(C)(C)C)cc(C(C)(C)C)c3)c3nc(c(-c4cc(C(C)(C)C)cc(C(C)(C)C)c4)c4ccc1[nH]4)C=C3)C=C2. The minimum Gasteiger partial charge on any atom is -0.354 e. The first-order valence-corrected chi connectivity index (χ1v) is 24.5. The Morgan fingerprint density at radius 3 is 0.838 bits per heavy atom. The molecule has 68 heavy (non-hydrogen) atoms. The maximum Gasteiger partial charge on any atom is 0.0815 e. The molecule has 8 bridgehead atoms. The number of aromatic nitrogens is 4. The van der Waals surface area contributed by atoms with Gasteiger partial charge in [-0.3, -0.25) is 0 Å². The van der Waals surface area contributed by atoms with E-state index in [-0.39, 0.29) is 32.5 Å². The van der Waals surface area contributed by atoms with Gasteiger partial charge in [0.2, 0.25) is 0 Å². The number of benzene rings is 3. The Labute approximate surface area is 407 Å². The molecule has 3 aromatic carbocycles. The first kappa shape index (κ1) is 48.3. The highest BCUT2D eigenvalue weighted by Gasteiger charge is 2.27. The number of H-pyrrole nitrogens is 2. The molecule has 4 nitrogen and oxygen atoms in total. The third kappa shape index (κ3) is 9.47. The smallest absolute Gasteiger partial charge is 0.0815 e. The molecule has 6 aromatic rings. The van der Waals surface area contributed by atoms with Gasteiger partial charge in [0, 0.05) is 33.2 Å². The summed E-state index contributed by atoms with van der Waals surface area (Å²) in [7, 11) is 0. The molecular formula is C64H74N4. The highest BCUT2D eigenvalue weighted by atomic mass is 14.8. The second-order valence-electron chi connectivity index (χ2n) is 25.5. The van der Waals surface area contributed by atoms with E-state index in [9.17, 15) is 0 Å². The standard InChI is InChI=1S/C64H74N4/c1-20-47-48-21-23-50(65-48)56(38-29-41(59(2,3)4)35-42(30-38)60(5,6)7)52-25-27-54(67-52)58(40-33-45(63(14,15)16)37-46(34-40)64(17,18)19)55-28-26-53(68-55)57(51-24-22-49(47)66-51)39-31-43(61(8,9)10)36-44(32-39)62(11,12)13/h1,21-37,65,68H,2-19H3. The van der Waals surface area contributed by atoms with Crippen LogP contribution in [0.2, 0.25) is 0 Å². The average molecular weight is 899 g/mol. The van der Waals surface area contributed by atoms with Gasteiger partial charge in [0.15, 0.2) is 0 Å². The van der Waals surface area contributed by atoms with Crippen LogP contribution in [0.5, 0.6) is 0 Å². The van der Waals surface area contributed by atoms with E-state index >= 15 is 0 Å². The zero-order chi connectivity index (χ0) is 49.7. The van der Waals surface area contributed by atoms with Crippen LogP contribution >= 0.6 is 0 Å². The molecule has 8 rings (SSSR count). The Morgan fingerprint density at radius 2 is 0.574 bits per heavy atom. The van der Waals surface area contributed by atoms with Gasteiger partial charge < -0.3 is 9.97 Å². The molecule has 0 radical (unpaired) electrons. The van der Waals surface area contributed by atoms with E-state index in [2.05, 4.69) is 244 Å². The Kier molecular flexibility index (Phi) is 11.7. The summed E-state index contributed by atoms with van der Waals surface area (Å²) in [5, 5.41) is 0. The molecule has 0 saturated heterocycles. The molecule has 0 saturated carbocycles. The first-order valence-electron chi connectivity index (χ1n) is 24.5. The first-order chi connectivity index (χ1) is 31.4. The lowest BCUT2D eigenvalue weighted by molar-refractivity contribution is 0.568. The van der Waals surface area contributed by atoms with Gasteiger partial charge in [-0.15, -0.1) is 6.42 Å². The highest BCUT2D eigenvalue weighted by Crippen LogP contribution is 2.43. The fourth-order valence-corrected chi connectivity index (χ4v) is 9.18. The molecule has 2 N–H and O–H groups in total. The summed E-state index contributed by atoms with van der Waals surface area (Å²) in [4.78, 5) is 19.0. The Bertz CT molecular complexity index is 3100. The van der Waals surface area contributed by atoms with Crippen molar-refractivity contribution in [3.63, 3.8) is 0 Å². The number of hydrogen-bond donors (Lipinski definition) is 2. The molecule has 0 atom stereocenters. The van der Waals surface area contributed by atoms with Crippen LogP contribution in [0.1, 0.15) is 186 Å². The summed E-state index contributed by atoms with van der Waals surface area (Å²) in [6.45, 7) is 41.3. The number of hydrogen-bond acceptors (Lipinski definition) is 2. The maximum atomic E-state index is 6.48. The molecule has 0 unspecified atom stereocenters. The summed E-state index contributed by atoms with van der Waals surface area (Å²) in [6, 6.07) is 30.1. The third-order valence-corrected chi connectivity index (χ3v) is 13.8. The normalized spacial score (nSPS) is 13.6. The van der Waals surface area contributed by atoms with Crippen molar-refractivity contribution in [1.29, 1.82) is 0 Å². The van der Waals surface area contributed by atoms with Gasteiger partial charge in [-0.1, -0.05) is 185 Å². The zero-order valence-electron chi connectivity index (χ0n) is 44.3. The van der Waals surface area contributed by atoms with Crippen molar-refractivity contribution < 1.29 is 0 Å². The predicted molar refractivity (Wildman–Crippen MR) is 295 cm³/mol. The molecule has 0 fully saturated rings. The van der Waals surface area contributed by atoms with Gasteiger partial charge >= 0.3 is 0 Å². The van der Waals surface area contributed by atoms with E-state index < -0.39 is 0 Å². The van der Waals surface area contributed by atoms with Gasteiger partial charge in [0.25, 0.3) is 0 Å². The van der Waals surface area contributed by atoms with Gasteiger partial charge in [-0.25, -0.2) is 9.97 Å². The van der Waals surface area contributed by atoms with Gasteiger partial charge in [-0.05, 0) is 131 Å². The molecular weight excluding hydrogens is 825 g/mol. The monoisotopic (exact) mass is 899 g/mol. The topological polar surface area (TPSA) is 57.4 Å². The molecule has 4 heteroatoms. The van der Waals surface area contributed by atoms with Crippen molar-refractivity contribution in [2.75, 3.05) is 0 Å². The fraction of sp³-hybridized carbons (Fsp3) is 0.375. The molecule has 2 aliphatic heterocycles. The lowest BCUT2D eigenvalue weighted by Gasteiger charge is -2.26. The van der Waals surface area contributed by atoms with E-state index in [1.165, 1.54) is 33.4 Å². The highest BCUT2D eigenvalue weighted by molar-refractivity contribution is 5.98. The molecule has 3 aromatic heterocycles. The molecule has 0 amide bonds. The van der Waals surface area contributed by atoms with Crippen LogP contribution in [0, 0.1) is 12.3 Å². The summed E-state index contributed by atoms with van der Waals surface area (Å²) >= 11 is 0. The lowest BCUT2D eigenvalue weighted by atomic mass is 9.78. The number of nitrogens with zero attached hydrogens (tertiary/aromatic N) is 2. The molecule has 5 heterocycles. The lowest BCUT2D eigenvalue weighted by Crippen LogP contribution is -2.16. The number of aromatic amines is 2. The quantitative estimate of drug-likeness (QED) is 0.174. The van der Waals surface area contributed by atoms with Crippen LogP contribution in [0.15, 0.2) is 78.9 Å². The van der Waals surface area contributed by atoms with Crippen molar-refractivity contribution in [3.05, 3.63) is 141 Å². The van der Waals surface area contributed by atoms with Gasteiger partial charge in [0.1, 0.15) is 0 Å². The van der Waals surface area contributed by atoms with Crippen molar-refractivity contribution in [3.8, 4) is 45.7 Å². The van der Waals surface area contributed by atoms with Gasteiger partial charge in [-0.2, -0.15) is 0 Å². The molecule has 0 spiro atoms. The van der Waals surface area contributed by atoms with Crippen molar-refractivity contribution in [2.45, 2.75) is 157 Å². The number of fused-ring (bicyclic) bond motifs is 8. The van der Waals surface area contributed by atoms with Crippen LogP contribution in [0.3, 0.4) is 0 Å². The maximum absolute atomic E-state index is 6.48. The van der Waals surface area contributed by atoms with Crippen molar-refractivity contribution in [1.82, 2.24) is 19.9 Å². The second kappa shape index (κ2) is 16.5. The van der Waals surface area contributed by atoms with E-state index in [0.29, 0.717) is 5.56 Å². The van der Waals surface area contributed by atoms with Crippen LogP contribution in [0.25, 0.3) is 79.8 Å². The number of nitrogens with one attached hydrogen (secondary N) is 2. The summed E-state index contributed by atoms with van der Waals surface area (Å²) in [5.41, 5.74) is 21.4. The Hall–Kier alpha value is -6.18. The summed E-state index contributed by atoms with van der Waals surface area (Å²) in [6.07, 6.45) is 15.1. The number of rotatable bonds is 3. The Morgan fingerprint density at radius 1 is 0.338 bits per heavy atom. The van der Waals surface area contributed by atoms with E-state index in [4.69, 9.17) is 16.4 Å². The van der Waals surface area contributed by atoms with Crippen molar-refractivity contribution >= 4 is 46.4 Å². The average Bonchev–Trinajstić information content (AvgIpc) is 4.07. The van der Waals surface area contributed by atoms with Crippen LogP contribution in [-0.4, -0.2) is 19.9 Å².